The SMILES string of the molecule is CC(C(=O)Cc1ccc(C(=O)OC(C)(C)C)cc1)n1cc(C(F)(F)F)c(-c2cc(Cl)ccc2C#N)cc1=O. The molecule has 0 saturated carbocycles. The van der Waals surface area contributed by atoms with Gasteiger partial charge >= 0.3 is 12.1 Å². The van der Waals surface area contributed by atoms with Gasteiger partial charge in [0.05, 0.1) is 28.8 Å². The van der Waals surface area contributed by atoms with Crippen molar-refractivity contribution in [1.82, 2.24) is 4.57 Å². The summed E-state index contributed by atoms with van der Waals surface area (Å²) >= 11 is 5.94. The quantitative estimate of drug-likeness (QED) is 0.336. The van der Waals surface area contributed by atoms with Crippen LogP contribution in [0.5, 0.6) is 0 Å². The van der Waals surface area contributed by atoms with Crippen molar-refractivity contribution in [3.63, 3.8) is 0 Å². The number of esters is 1. The number of ketones is 1. The van der Waals surface area contributed by atoms with E-state index >= 15 is 0 Å². The normalized spacial score (nSPS) is 12.5. The van der Waals surface area contributed by atoms with E-state index in [4.69, 9.17) is 16.3 Å². The molecular formula is C28H24ClF3N2O4. The van der Waals surface area contributed by atoms with Gasteiger partial charge in [0.15, 0.2) is 5.78 Å². The Morgan fingerprint density at radius 3 is 2.24 bits per heavy atom. The van der Waals surface area contributed by atoms with Gasteiger partial charge in [-0.25, -0.2) is 4.79 Å². The number of pyridine rings is 1. The summed E-state index contributed by atoms with van der Waals surface area (Å²) in [6, 6.07) is 11.2. The van der Waals surface area contributed by atoms with Crippen LogP contribution < -0.4 is 5.56 Å². The van der Waals surface area contributed by atoms with E-state index in [0.717, 1.165) is 10.6 Å². The van der Waals surface area contributed by atoms with Crippen LogP contribution in [0.15, 0.2) is 59.5 Å². The molecule has 198 valence electrons. The van der Waals surface area contributed by atoms with Crippen LogP contribution in [0, 0.1) is 11.3 Å². The smallest absolute Gasteiger partial charge is 0.418 e. The molecule has 0 fully saturated rings. The van der Waals surface area contributed by atoms with Crippen molar-refractivity contribution in [2.45, 2.75) is 51.9 Å². The molecule has 3 rings (SSSR count). The summed E-state index contributed by atoms with van der Waals surface area (Å²) in [6.45, 7) is 6.53. The minimum atomic E-state index is -4.89. The predicted octanol–water partition coefficient (Wildman–Crippen LogP) is 6.39. The maximum Gasteiger partial charge on any atom is 0.418 e. The number of rotatable bonds is 6. The monoisotopic (exact) mass is 544 g/mol. The second kappa shape index (κ2) is 10.8. The molecule has 0 amide bonds. The first kappa shape index (κ1) is 28.7. The highest BCUT2D eigenvalue weighted by Crippen LogP contribution is 2.38. The summed E-state index contributed by atoms with van der Waals surface area (Å²) < 4.78 is 48.2. The molecule has 1 aromatic heterocycles. The lowest BCUT2D eigenvalue weighted by Gasteiger charge is -2.20. The zero-order chi connectivity index (χ0) is 28.4. The first-order valence-corrected chi connectivity index (χ1v) is 11.9. The fourth-order valence-corrected chi connectivity index (χ4v) is 3.91. The number of hydrogen-bond acceptors (Lipinski definition) is 5. The maximum absolute atomic E-state index is 14.0. The minimum Gasteiger partial charge on any atom is -0.456 e. The number of carbonyl (C=O) groups excluding carboxylic acids is 2. The number of alkyl halides is 3. The van der Waals surface area contributed by atoms with Crippen molar-refractivity contribution >= 4 is 23.4 Å². The van der Waals surface area contributed by atoms with Crippen molar-refractivity contribution in [3.8, 4) is 17.2 Å². The Morgan fingerprint density at radius 2 is 1.68 bits per heavy atom. The molecule has 0 spiro atoms. The van der Waals surface area contributed by atoms with Crippen molar-refractivity contribution in [1.29, 1.82) is 5.26 Å². The van der Waals surface area contributed by atoms with Gasteiger partial charge in [-0.15, -0.1) is 0 Å². The maximum atomic E-state index is 14.0. The van der Waals surface area contributed by atoms with Gasteiger partial charge < -0.3 is 9.30 Å². The van der Waals surface area contributed by atoms with Gasteiger partial charge in [0.1, 0.15) is 5.60 Å². The van der Waals surface area contributed by atoms with E-state index < -0.39 is 46.3 Å². The third-order valence-electron chi connectivity index (χ3n) is 5.63. The Labute approximate surface area is 222 Å². The number of aromatic nitrogens is 1. The van der Waals surface area contributed by atoms with E-state index in [2.05, 4.69) is 0 Å². The molecule has 2 aromatic carbocycles. The van der Waals surface area contributed by atoms with Crippen LogP contribution in [0.2, 0.25) is 5.02 Å². The van der Waals surface area contributed by atoms with E-state index in [1.54, 1.807) is 39.0 Å². The molecule has 1 heterocycles. The molecule has 0 aliphatic heterocycles. The second-order valence-electron chi connectivity index (χ2n) is 9.66. The van der Waals surface area contributed by atoms with E-state index in [-0.39, 0.29) is 28.1 Å². The van der Waals surface area contributed by atoms with Crippen molar-refractivity contribution < 1.29 is 27.5 Å². The molecule has 0 radical (unpaired) electrons. The summed E-state index contributed by atoms with van der Waals surface area (Å²) in [5, 5.41) is 9.45. The second-order valence-corrected chi connectivity index (χ2v) is 10.1. The van der Waals surface area contributed by atoms with Gasteiger partial charge in [-0.3, -0.25) is 9.59 Å². The van der Waals surface area contributed by atoms with Gasteiger partial charge in [-0.2, -0.15) is 18.4 Å². The number of halogens is 4. The van der Waals surface area contributed by atoms with Crippen LogP contribution in [0.1, 0.15) is 60.8 Å². The lowest BCUT2D eigenvalue weighted by atomic mass is 9.96. The molecule has 6 nitrogen and oxygen atoms in total. The molecule has 10 heteroatoms. The Kier molecular flexibility index (Phi) is 8.18. The topological polar surface area (TPSA) is 89.2 Å². The van der Waals surface area contributed by atoms with Gasteiger partial charge in [0.25, 0.3) is 5.56 Å². The van der Waals surface area contributed by atoms with Crippen LogP contribution in [0.4, 0.5) is 13.2 Å². The third kappa shape index (κ3) is 6.69. The van der Waals surface area contributed by atoms with Crippen LogP contribution in [0.25, 0.3) is 11.1 Å². The Morgan fingerprint density at radius 1 is 1.05 bits per heavy atom. The van der Waals surface area contributed by atoms with Gasteiger partial charge in [0, 0.05) is 34.8 Å². The molecule has 0 aliphatic rings. The molecule has 0 bridgehead atoms. The van der Waals surface area contributed by atoms with Crippen LogP contribution in [-0.4, -0.2) is 21.9 Å². The number of hydrogen-bond donors (Lipinski definition) is 0. The lowest BCUT2D eigenvalue weighted by molar-refractivity contribution is -0.137. The molecule has 1 unspecified atom stereocenters. The van der Waals surface area contributed by atoms with Gasteiger partial charge in [0.2, 0.25) is 0 Å². The van der Waals surface area contributed by atoms with Crippen molar-refractivity contribution in [2.24, 2.45) is 0 Å². The number of Topliss-reactive ketones (excluding diaryl/α,β-unsaturated/α-hetero) is 1. The highest BCUT2D eigenvalue weighted by molar-refractivity contribution is 6.31. The number of benzene rings is 2. The summed E-state index contributed by atoms with van der Waals surface area (Å²) in [5.41, 5.74) is -2.65. The fourth-order valence-electron chi connectivity index (χ4n) is 3.74. The van der Waals surface area contributed by atoms with Crippen LogP contribution in [0.3, 0.4) is 0 Å². The molecule has 38 heavy (non-hydrogen) atoms. The number of nitriles is 1. The first-order valence-electron chi connectivity index (χ1n) is 11.5. The zero-order valence-electron chi connectivity index (χ0n) is 21.0. The molecular weight excluding hydrogens is 521 g/mol. The molecule has 0 aliphatic carbocycles. The third-order valence-corrected chi connectivity index (χ3v) is 5.86. The van der Waals surface area contributed by atoms with Gasteiger partial charge in [-0.1, -0.05) is 23.7 Å². The number of nitrogens with zero attached hydrogens (tertiary/aromatic N) is 2. The van der Waals surface area contributed by atoms with E-state index in [0.29, 0.717) is 11.8 Å². The van der Waals surface area contributed by atoms with E-state index in [1.165, 1.54) is 37.3 Å². The Hall–Kier alpha value is -3.90. The first-order chi connectivity index (χ1) is 17.6. The molecule has 0 saturated heterocycles. The number of ether oxygens (including phenoxy) is 1. The minimum absolute atomic E-state index is 0.0870. The molecule has 3 aromatic rings. The predicted molar refractivity (Wildman–Crippen MR) is 136 cm³/mol. The van der Waals surface area contributed by atoms with Crippen molar-refractivity contribution in [2.75, 3.05) is 0 Å². The van der Waals surface area contributed by atoms with E-state index in [9.17, 15) is 32.8 Å². The molecule has 0 N–H and O–H groups in total. The van der Waals surface area contributed by atoms with E-state index in [1.807, 2.05) is 0 Å². The summed E-state index contributed by atoms with van der Waals surface area (Å²) in [5.74, 6) is -1.05. The Bertz CT molecular complexity index is 1480. The van der Waals surface area contributed by atoms with Crippen LogP contribution in [-0.2, 0) is 22.1 Å². The van der Waals surface area contributed by atoms with Crippen LogP contribution >= 0.6 is 11.6 Å². The summed E-state index contributed by atoms with van der Waals surface area (Å²) in [6.07, 6.45) is -4.48. The van der Waals surface area contributed by atoms with Crippen molar-refractivity contribution in [3.05, 3.63) is 92.4 Å². The average Bonchev–Trinajstić information content (AvgIpc) is 2.82. The standard InChI is InChI=1S/C28H24ClF3N2O4/c1-16(24(35)11-17-5-7-18(8-6-17)26(37)38-27(2,3)4)34-15-23(28(30,31)32)22(13-25(34)36)21-12-20(29)10-9-19(21)14-33/h5-10,12-13,15-16H,11H2,1-4H3. The number of carbonyl (C=O) groups is 2. The highest BCUT2D eigenvalue weighted by Gasteiger charge is 2.36. The van der Waals surface area contributed by atoms with Gasteiger partial charge in [-0.05, 0) is 63.6 Å². The summed E-state index contributed by atoms with van der Waals surface area (Å²) in [4.78, 5) is 38.0. The Balaban J connectivity index is 1.93. The fraction of sp³-hybridized carbons (Fsp3) is 0.286. The lowest BCUT2D eigenvalue weighted by Crippen LogP contribution is -2.30. The summed E-state index contributed by atoms with van der Waals surface area (Å²) in [7, 11) is 0. The highest BCUT2D eigenvalue weighted by atomic mass is 35.5. The zero-order valence-corrected chi connectivity index (χ0v) is 21.8. The molecule has 1 atom stereocenters. The largest absolute Gasteiger partial charge is 0.456 e. The average molecular weight is 545 g/mol.